The van der Waals surface area contributed by atoms with Crippen molar-refractivity contribution in [1.82, 2.24) is 9.97 Å². The SMILES string of the molecule is CCc1ccc(CNc2ccnc(CCN)n2)cc1. The topological polar surface area (TPSA) is 63.8 Å². The molecule has 0 fully saturated rings. The summed E-state index contributed by atoms with van der Waals surface area (Å²) in [4.78, 5) is 8.58. The largest absolute Gasteiger partial charge is 0.366 e. The summed E-state index contributed by atoms with van der Waals surface area (Å²) in [5, 5.41) is 3.31. The fourth-order valence-electron chi connectivity index (χ4n) is 1.83. The van der Waals surface area contributed by atoms with Crippen LogP contribution >= 0.6 is 0 Å². The van der Waals surface area contributed by atoms with Crippen LogP contribution in [-0.4, -0.2) is 16.5 Å². The van der Waals surface area contributed by atoms with Gasteiger partial charge in [-0.1, -0.05) is 31.2 Å². The number of anilines is 1. The lowest BCUT2D eigenvalue weighted by molar-refractivity contribution is 0.865. The number of nitrogens with zero attached hydrogens (tertiary/aromatic N) is 2. The van der Waals surface area contributed by atoms with E-state index in [1.54, 1.807) is 6.20 Å². The first-order valence-electron chi connectivity index (χ1n) is 6.65. The Hall–Kier alpha value is -1.94. The van der Waals surface area contributed by atoms with Crippen LogP contribution in [0.15, 0.2) is 36.5 Å². The van der Waals surface area contributed by atoms with Gasteiger partial charge in [0.1, 0.15) is 11.6 Å². The summed E-state index contributed by atoms with van der Waals surface area (Å²) < 4.78 is 0. The highest BCUT2D eigenvalue weighted by Crippen LogP contribution is 2.08. The first kappa shape index (κ1) is 13.5. The van der Waals surface area contributed by atoms with Crippen molar-refractivity contribution in [2.75, 3.05) is 11.9 Å². The second kappa shape index (κ2) is 6.85. The van der Waals surface area contributed by atoms with Crippen LogP contribution in [0.3, 0.4) is 0 Å². The molecular weight excluding hydrogens is 236 g/mol. The van der Waals surface area contributed by atoms with E-state index in [0.717, 1.165) is 24.6 Å². The zero-order chi connectivity index (χ0) is 13.5. The molecule has 1 aromatic heterocycles. The van der Waals surface area contributed by atoms with Crippen LogP contribution in [0.1, 0.15) is 23.9 Å². The van der Waals surface area contributed by atoms with Gasteiger partial charge in [-0.2, -0.15) is 0 Å². The van der Waals surface area contributed by atoms with Crippen molar-refractivity contribution in [2.45, 2.75) is 26.3 Å². The molecule has 100 valence electrons. The quantitative estimate of drug-likeness (QED) is 0.831. The van der Waals surface area contributed by atoms with Gasteiger partial charge in [0.2, 0.25) is 0 Å². The van der Waals surface area contributed by atoms with Gasteiger partial charge in [-0.3, -0.25) is 0 Å². The zero-order valence-corrected chi connectivity index (χ0v) is 11.3. The van der Waals surface area contributed by atoms with Gasteiger partial charge >= 0.3 is 0 Å². The summed E-state index contributed by atoms with van der Waals surface area (Å²) in [6, 6.07) is 10.5. The van der Waals surface area contributed by atoms with Gasteiger partial charge in [0, 0.05) is 19.2 Å². The fourth-order valence-corrected chi connectivity index (χ4v) is 1.83. The van der Waals surface area contributed by atoms with E-state index in [1.165, 1.54) is 11.1 Å². The van der Waals surface area contributed by atoms with Crippen LogP contribution in [-0.2, 0) is 19.4 Å². The number of nitrogens with one attached hydrogen (secondary N) is 1. The number of rotatable bonds is 6. The average Bonchev–Trinajstić information content (AvgIpc) is 2.46. The Morgan fingerprint density at radius 3 is 2.53 bits per heavy atom. The van der Waals surface area contributed by atoms with Crippen molar-refractivity contribution >= 4 is 5.82 Å². The molecule has 0 radical (unpaired) electrons. The van der Waals surface area contributed by atoms with E-state index in [0.29, 0.717) is 13.0 Å². The van der Waals surface area contributed by atoms with E-state index < -0.39 is 0 Å². The molecule has 1 aromatic carbocycles. The fraction of sp³-hybridized carbons (Fsp3) is 0.333. The molecule has 2 rings (SSSR count). The summed E-state index contributed by atoms with van der Waals surface area (Å²) in [7, 11) is 0. The third-order valence-corrected chi connectivity index (χ3v) is 2.98. The molecule has 0 bridgehead atoms. The lowest BCUT2D eigenvalue weighted by atomic mass is 10.1. The number of benzene rings is 1. The van der Waals surface area contributed by atoms with Crippen molar-refractivity contribution in [1.29, 1.82) is 0 Å². The summed E-state index contributed by atoms with van der Waals surface area (Å²) in [5.74, 6) is 1.63. The molecule has 0 atom stereocenters. The molecule has 0 aliphatic rings. The Bertz CT molecular complexity index is 508. The van der Waals surface area contributed by atoms with E-state index in [4.69, 9.17) is 5.73 Å². The van der Waals surface area contributed by atoms with Gasteiger partial charge in [0.15, 0.2) is 0 Å². The average molecular weight is 256 g/mol. The molecule has 0 saturated carbocycles. The van der Waals surface area contributed by atoms with Crippen LogP contribution < -0.4 is 11.1 Å². The van der Waals surface area contributed by atoms with Crippen LogP contribution in [0, 0.1) is 0 Å². The maximum atomic E-state index is 5.50. The third-order valence-electron chi connectivity index (χ3n) is 2.98. The lowest BCUT2D eigenvalue weighted by Gasteiger charge is -2.07. The van der Waals surface area contributed by atoms with Crippen molar-refractivity contribution in [3.8, 4) is 0 Å². The molecule has 0 spiro atoms. The van der Waals surface area contributed by atoms with E-state index in [1.807, 2.05) is 6.07 Å². The van der Waals surface area contributed by atoms with Crippen molar-refractivity contribution in [3.63, 3.8) is 0 Å². The van der Waals surface area contributed by atoms with Gasteiger partial charge in [0.25, 0.3) is 0 Å². The number of aromatic nitrogens is 2. The minimum Gasteiger partial charge on any atom is -0.366 e. The highest BCUT2D eigenvalue weighted by molar-refractivity contribution is 5.35. The normalized spacial score (nSPS) is 10.4. The minimum absolute atomic E-state index is 0.571. The third kappa shape index (κ3) is 4.03. The van der Waals surface area contributed by atoms with Crippen molar-refractivity contribution in [2.24, 2.45) is 5.73 Å². The highest BCUT2D eigenvalue weighted by Gasteiger charge is 1.99. The molecule has 0 aliphatic heterocycles. The molecule has 1 heterocycles. The van der Waals surface area contributed by atoms with Gasteiger partial charge in [-0.15, -0.1) is 0 Å². The Balaban J connectivity index is 1.95. The van der Waals surface area contributed by atoms with Crippen LogP contribution in [0.4, 0.5) is 5.82 Å². The van der Waals surface area contributed by atoms with Crippen molar-refractivity contribution in [3.05, 3.63) is 53.5 Å². The van der Waals surface area contributed by atoms with Gasteiger partial charge in [-0.05, 0) is 30.2 Å². The molecule has 0 unspecified atom stereocenters. The van der Waals surface area contributed by atoms with E-state index in [-0.39, 0.29) is 0 Å². The smallest absolute Gasteiger partial charge is 0.131 e. The van der Waals surface area contributed by atoms with Crippen LogP contribution in [0.25, 0.3) is 0 Å². The molecule has 3 N–H and O–H groups in total. The zero-order valence-electron chi connectivity index (χ0n) is 11.3. The predicted octanol–water partition coefficient (Wildman–Crippen LogP) is 2.15. The van der Waals surface area contributed by atoms with Crippen LogP contribution in [0.5, 0.6) is 0 Å². The van der Waals surface area contributed by atoms with Gasteiger partial charge in [0.05, 0.1) is 0 Å². The summed E-state index contributed by atoms with van der Waals surface area (Å²) in [6.45, 7) is 3.50. The number of hydrogen-bond acceptors (Lipinski definition) is 4. The summed E-state index contributed by atoms with van der Waals surface area (Å²) >= 11 is 0. The maximum Gasteiger partial charge on any atom is 0.131 e. The lowest BCUT2D eigenvalue weighted by Crippen LogP contribution is -2.08. The molecular formula is C15H20N4. The summed E-state index contributed by atoms with van der Waals surface area (Å²) in [5.41, 5.74) is 8.11. The van der Waals surface area contributed by atoms with Gasteiger partial charge in [-0.25, -0.2) is 9.97 Å². The molecule has 0 saturated heterocycles. The Morgan fingerprint density at radius 2 is 1.84 bits per heavy atom. The molecule has 0 aliphatic carbocycles. The highest BCUT2D eigenvalue weighted by atomic mass is 15.0. The number of hydrogen-bond donors (Lipinski definition) is 2. The van der Waals surface area contributed by atoms with E-state index in [2.05, 4.69) is 46.5 Å². The first-order chi connectivity index (χ1) is 9.31. The van der Waals surface area contributed by atoms with E-state index in [9.17, 15) is 0 Å². The molecule has 19 heavy (non-hydrogen) atoms. The number of aryl methyl sites for hydroxylation is 1. The second-order valence-corrected chi connectivity index (χ2v) is 4.42. The minimum atomic E-state index is 0.571. The standard InChI is InChI=1S/C15H20N4/c1-2-12-3-5-13(6-4-12)11-18-15-8-10-17-14(19-15)7-9-16/h3-6,8,10H,2,7,9,11,16H2,1H3,(H,17,18,19). The molecule has 4 nitrogen and oxygen atoms in total. The second-order valence-electron chi connectivity index (χ2n) is 4.42. The van der Waals surface area contributed by atoms with Gasteiger partial charge < -0.3 is 11.1 Å². The van der Waals surface area contributed by atoms with Crippen LogP contribution in [0.2, 0.25) is 0 Å². The predicted molar refractivity (Wildman–Crippen MR) is 77.9 cm³/mol. The Kier molecular flexibility index (Phi) is 4.86. The summed E-state index contributed by atoms with van der Waals surface area (Å²) in [6.07, 6.45) is 3.54. The van der Waals surface area contributed by atoms with E-state index >= 15 is 0 Å². The maximum absolute atomic E-state index is 5.50. The first-order valence-corrected chi connectivity index (χ1v) is 6.65. The molecule has 4 heteroatoms. The number of nitrogens with two attached hydrogens (primary N) is 1. The van der Waals surface area contributed by atoms with Crippen molar-refractivity contribution < 1.29 is 0 Å². The monoisotopic (exact) mass is 256 g/mol. The Morgan fingerprint density at radius 1 is 1.11 bits per heavy atom. The molecule has 2 aromatic rings. The Labute approximate surface area is 114 Å². The molecule has 0 amide bonds.